The smallest absolute Gasteiger partial charge is 0.161 e. The minimum absolute atomic E-state index is 0.218. The Morgan fingerprint density at radius 3 is 2.31 bits per heavy atom. The lowest BCUT2D eigenvalue weighted by Crippen LogP contribution is -1.89. The number of phenols is 1. The van der Waals surface area contributed by atoms with E-state index in [4.69, 9.17) is 4.74 Å². The van der Waals surface area contributed by atoms with E-state index in [1.54, 1.807) is 21.3 Å². The van der Waals surface area contributed by atoms with Crippen molar-refractivity contribution >= 4 is 0 Å². The van der Waals surface area contributed by atoms with Crippen molar-refractivity contribution in [1.82, 2.24) is 0 Å². The maximum absolute atomic E-state index is 9.54. The number of hydrogen-bond donors (Lipinski definition) is 1. The molecule has 90 valence electrons. The SMILES string of the molecule is C=CCc1cc(C)c(O)c(OC)c1.COC. The molecule has 0 atom stereocenters. The molecule has 0 heterocycles. The van der Waals surface area contributed by atoms with E-state index in [0.29, 0.717) is 5.75 Å². The minimum Gasteiger partial charge on any atom is -0.504 e. The van der Waals surface area contributed by atoms with Crippen molar-refractivity contribution in [2.75, 3.05) is 21.3 Å². The molecule has 0 spiro atoms. The maximum Gasteiger partial charge on any atom is 0.161 e. The van der Waals surface area contributed by atoms with Crippen LogP contribution in [0.1, 0.15) is 11.1 Å². The first-order valence-electron chi connectivity index (χ1n) is 4.98. The van der Waals surface area contributed by atoms with E-state index in [0.717, 1.165) is 17.5 Å². The highest BCUT2D eigenvalue weighted by molar-refractivity contribution is 5.48. The van der Waals surface area contributed by atoms with Gasteiger partial charge in [0.25, 0.3) is 0 Å². The van der Waals surface area contributed by atoms with Gasteiger partial charge in [0.05, 0.1) is 7.11 Å². The Balaban J connectivity index is 0.000000673. The van der Waals surface area contributed by atoms with Crippen LogP contribution in [-0.4, -0.2) is 26.4 Å². The van der Waals surface area contributed by atoms with Gasteiger partial charge in [-0.25, -0.2) is 0 Å². The van der Waals surface area contributed by atoms with E-state index in [1.807, 2.05) is 25.1 Å². The van der Waals surface area contributed by atoms with E-state index in [2.05, 4.69) is 11.3 Å². The molecule has 16 heavy (non-hydrogen) atoms. The molecule has 0 saturated carbocycles. The van der Waals surface area contributed by atoms with E-state index < -0.39 is 0 Å². The van der Waals surface area contributed by atoms with Crippen LogP contribution >= 0.6 is 0 Å². The molecule has 0 saturated heterocycles. The van der Waals surface area contributed by atoms with Crippen LogP contribution in [-0.2, 0) is 11.2 Å². The molecule has 0 aromatic heterocycles. The average molecular weight is 224 g/mol. The fraction of sp³-hybridized carbons (Fsp3) is 0.385. The molecular formula is C13H20O3. The molecule has 3 heteroatoms. The van der Waals surface area contributed by atoms with Crippen LogP contribution in [0.3, 0.4) is 0 Å². The summed E-state index contributed by atoms with van der Waals surface area (Å²) in [5, 5.41) is 9.54. The molecular weight excluding hydrogens is 204 g/mol. The molecule has 1 rings (SSSR count). The van der Waals surface area contributed by atoms with E-state index >= 15 is 0 Å². The molecule has 0 aliphatic carbocycles. The number of aryl methyl sites for hydroxylation is 1. The number of ether oxygens (including phenoxy) is 2. The van der Waals surface area contributed by atoms with E-state index in [-0.39, 0.29) is 5.75 Å². The first kappa shape index (κ1) is 14.5. The van der Waals surface area contributed by atoms with Gasteiger partial charge in [0.2, 0.25) is 0 Å². The maximum atomic E-state index is 9.54. The number of benzene rings is 1. The highest BCUT2D eigenvalue weighted by atomic mass is 16.5. The van der Waals surface area contributed by atoms with Gasteiger partial charge in [-0.15, -0.1) is 6.58 Å². The Hall–Kier alpha value is -1.48. The fourth-order valence-electron chi connectivity index (χ4n) is 1.26. The number of phenolic OH excluding ortho intramolecular Hbond substituents is 1. The highest BCUT2D eigenvalue weighted by Gasteiger charge is 2.05. The van der Waals surface area contributed by atoms with Crippen LogP contribution < -0.4 is 4.74 Å². The quantitative estimate of drug-likeness (QED) is 0.802. The van der Waals surface area contributed by atoms with Crippen LogP contribution in [0.5, 0.6) is 11.5 Å². The van der Waals surface area contributed by atoms with Crippen LogP contribution in [0.2, 0.25) is 0 Å². The number of hydrogen-bond acceptors (Lipinski definition) is 3. The molecule has 1 aromatic rings. The zero-order valence-corrected chi connectivity index (χ0v) is 10.4. The lowest BCUT2D eigenvalue weighted by atomic mass is 10.1. The monoisotopic (exact) mass is 224 g/mol. The third-order valence-corrected chi connectivity index (χ3v) is 1.93. The van der Waals surface area contributed by atoms with Gasteiger partial charge in [-0.3, -0.25) is 0 Å². The van der Waals surface area contributed by atoms with Crippen LogP contribution in [0.25, 0.3) is 0 Å². The standard InChI is InChI=1S/C11H14O2.C2H6O/c1-4-5-9-6-8(2)11(12)10(7-9)13-3;1-3-2/h4,6-7,12H,1,5H2,2-3H3;1-2H3. The average Bonchev–Trinajstić information content (AvgIpc) is 2.24. The predicted molar refractivity (Wildman–Crippen MR) is 66.2 cm³/mol. The molecule has 0 radical (unpaired) electrons. The summed E-state index contributed by atoms with van der Waals surface area (Å²) in [7, 11) is 4.80. The van der Waals surface area contributed by atoms with Crippen molar-refractivity contribution in [3.05, 3.63) is 35.9 Å². The summed E-state index contributed by atoms with van der Waals surface area (Å²) >= 11 is 0. The van der Waals surface area contributed by atoms with Crippen LogP contribution in [0.15, 0.2) is 24.8 Å². The molecule has 0 unspecified atom stereocenters. The summed E-state index contributed by atoms with van der Waals surface area (Å²) in [6.07, 6.45) is 2.61. The molecule has 0 aliphatic rings. The highest BCUT2D eigenvalue weighted by Crippen LogP contribution is 2.30. The van der Waals surface area contributed by atoms with Crippen molar-refractivity contribution in [2.45, 2.75) is 13.3 Å². The largest absolute Gasteiger partial charge is 0.504 e. The second kappa shape index (κ2) is 7.77. The summed E-state index contributed by atoms with van der Waals surface area (Å²) in [5.74, 6) is 0.743. The van der Waals surface area contributed by atoms with Crippen molar-refractivity contribution in [2.24, 2.45) is 0 Å². The zero-order valence-electron chi connectivity index (χ0n) is 10.4. The molecule has 0 bridgehead atoms. The van der Waals surface area contributed by atoms with Gasteiger partial charge in [0.1, 0.15) is 0 Å². The van der Waals surface area contributed by atoms with E-state index in [9.17, 15) is 5.11 Å². The van der Waals surface area contributed by atoms with Crippen molar-refractivity contribution in [3.8, 4) is 11.5 Å². The predicted octanol–water partition coefficient (Wildman–Crippen LogP) is 2.70. The van der Waals surface area contributed by atoms with Crippen LogP contribution in [0, 0.1) is 6.92 Å². The van der Waals surface area contributed by atoms with Crippen molar-refractivity contribution in [3.63, 3.8) is 0 Å². The van der Waals surface area contributed by atoms with E-state index in [1.165, 1.54) is 0 Å². The van der Waals surface area contributed by atoms with Gasteiger partial charge >= 0.3 is 0 Å². The summed E-state index contributed by atoms with van der Waals surface area (Å²) < 4.78 is 9.28. The molecule has 0 aliphatic heterocycles. The Kier molecular flexibility index (Phi) is 7.05. The fourth-order valence-corrected chi connectivity index (χ4v) is 1.26. The minimum atomic E-state index is 0.218. The van der Waals surface area contributed by atoms with Gasteiger partial charge in [0.15, 0.2) is 11.5 Å². The van der Waals surface area contributed by atoms with Crippen LogP contribution in [0.4, 0.5) is 0 Å². The lowest BCUT2D eigenvalue weighted by molar-refractivity contribution is 0.277. The lowest BCUT2D eigenvalue weighted by Gasteiger charge is -2.08. The summed E-state index contributed by atoms with van der Waals surface area (Å²) in [6, 6.07) is 3.75. The zero-order chi connectivity index (χ0) is 12.6. The molecule has 0 amide bonds. The van der Waals surface area contributed by atoms with Gasteiger partial charge in [0, 0.05) is 14.2 Å². The number of methoxy groups -OCH3 is 2. The molecule has 1 N–H and O–H groups in total. The molecule has 0 fully saturated rings. The number of aromatic hydroxyl groups is 1. The van der Waals surface area contributed by atoms with Crippen molar-refractivity contribution in [1.29, 1.82) is 0 Å². The van der Waals surface area contributed by atoms with Gasteiger partial charge in [-0.2, -0.15) is 0 Å². The number of allylic oxidation sites excluding steroid dienone is 1. The summed E-state index contributed by atoms with van der Waals surface area (Å²) in [4.78, 5) is 0. The molecule has 3 nitrogen and oxygen atoms in total. The summed E-state index contributed by atoms with van der Waals surface area (Å²) in [6.45, 7) is 5.51. The second-order valence-corrected chi connectivity index (χ2v) is 3.36. The second-order valence-electron chi connectivity index (χ2n) is 3.36. The van der Waals surface area contributed by atoms with Gasteiger partial charge in [-0.05, 0) is 30.5 Å². The first-order chi connectivity index (χ1) is 7.60. The van der Waals surface area contributed by atoms with Crippen molar-refractivity contribution < 1.29 is 14.6 Å². The third-order valence-electron chi connectivity index (χ3n) is 1.93. The summed E-state index contributed by atoms with van der Waals surface area (Å²) in [5.41, 5.74) is 1.93. The first-order valence-corrected chi connectivity index (χ1v) is 4.98. The number of rotatable bonds is 3. The normalized spacial score (nSPS) is 9.00. The third kappa shape index (κ3) is 4.36. The Morgan fingerprint density at radius 2 is 1.88 bits per heavy atom. The van der Waals surface area contributed by atoms with Gasteiger partial charge < -0.3 is 14.6 Å². The Labute approximate surface area is 97.3 Å². The molecule has 1 aromatic carbocycles. The Bertz CT molecular complexity index is 332. The van der Waals surface area contributed by atoms with Gasteiger partial charge in [-0.1, -0.05) is 12.1 Å². The Morgan fingerprint density at radius 1 is 1.31 bits per heavy atom. The topological polar surface area (TPSA) is 38.7 Å².